The minimum atomic E-state index is 0.188. The fourth-order valence-corrected chi connectivity index (χ4v) is 2.44. The molecule has 0 saturated carbocycles. The lowest BCUT2D eigenvalue weighted by atomic mass is 10.1. The zero-order chi connectivity index (χ0) is 14.7. The van der Waals surface area contributed by atoms with E-state index in [1.165, 1.54) is 0 Å². The van der Waals surface area contributed by atoms with Crippen molar-refractivity contribution in [2.75, 3.05) is 18.0 Å². The molecule has 2 aromatic heterocycles. The van der Waals surface area contributed by atoms with Crippen LogP contribution in [-0.2, 0) is 0 Å². The molecule has 3 rings (SSSR count). The van der Waals surface area contributed by atoms with Gasteiger partial charge in [-0.15, -0.1) is 0 Å². The van der Waals surface area contributed by atoms with Gasteiger partial charge in [-0.05, 0) is 13.8 Å². The minimum absolute atomic E-state index is 0.188. The van der Waals surface area contributed by atoms with E-state index in [1.807, 2.05) is 13.8 Å². The highest BCUT2D eigenvalue weighted by molar-refractivity contribution is 5.35. The zero-order valence-corrected chi connectivity index (χ0v) is 12.4. The van der Waals surface area contributed by atoms with Crippen molar-refractivity contribution in [2.24, 2.45) is 0 Å². The smallest absolute Gasteiger partial charge is 0.235 e. The molecular weight excluding hydrogens is 266 g/mol. The summed E-state index contributed by atoms with van der Waals surface area (Å²) in [7, 11) is 0. The number of aromatic nitrogens is 4. The second kappa shape index (κ2) is 6.03. The third-order valence-electron chi connectivity index (χ3n) is 3.63. The summed E-state index contributed by atoms with van der Waals surface area (Å²) in [5.74, 6) is 1.59. The molecule has 0 N–H and O–H groups in total. The van der Waals surface area contributed by atoms with E-state index in [1.54, 1.807) is 24.8 Å². The van der Waals surface area contributed by atoms with E-state index in [-0.39, 0.29) is 6.10 Å². The molecule has 2 aromatic rings. The molecule has 1 aliphatic rings. The predicted molar refractivity (Wildman–Crippen MR) is 79.4 cm³/mol. The van der Waals surface area contributed by atoms with Crippen LogP contribution in [0.1, 0.15) is 24.2 Å². The van der Waals surface area contributed by atoms with Crippen molar-refractivity contribution >= 4 is 5.82 Å². The Kier molecular flexibility index (Phi) is 3.94. The van der Waals surface area contributed by atoms with Gasteiger partial charge in [0.15, 0.2) is 0 Å². The van der Waals surface area contributed by atoms with E-state index in [2.05, 4.69) is 24.8 Å². The van der Waals surface area contributed by atoms with Gasteiger partial charge in [-0.1, -0.05) is 0 Å². The molecule has 0 unspecified atom stereocenters. The van der Waals surface area contributed by atoms with E-state index in [0.717, 1.165) is 43.1 Å². The maximum atomic E-state index is 6.01. The fraction of sp³-hybridized carbons (Fsp3) is 0.467. The van der Waals surface area contributed by atoms with E-state index < -0.39 is 0 Å². The molecule has 6 heteroatoms. The highest BCUT2D eigenvalue weighted by Gasteiger charge is 2.22. The van der Waals surface area contributed by atoms with Crippen LogP contribution in [0.2, 0.25) is 0 Å². The van der Waals surface area contributed by atoms with Crippen LogP contribution >= 0.6 is 0 Å². The molecule has 0 radical (unpaired) electrons. The summed E-state index contributed by atoms with van der Waals surface area (Å²) in [5, 5.41) is 0. The number of nitrogens with zero attached hydrogens (tertiary/aromatic N) is 5. The summed E-state index contributed by atoms with van der Waals surface area (Å²) in [6.45, 7) is 5.69. The van der Waals surface area contributed by atoms with Gasteiger partial charge in [-0.25, -0.2) is 9.97 Å². The van der Waals surface area contributed by atoms with Gasteiger partial charge in [0.05, 0.1) is 17.6 Å². The van der Waals surface area contributed by atoms with Crippen LogP contribution in [0.5, 0.6) is 5.88 Å². The molecule has 0 bridgehead atoms. The van der Waals surface area contributed by atoms with Crippen molar-refractivity contribution in [2.45, 2.75) is 32.8 Å². The Labute approximate surface area is 124 Å². The molecule has 6 nitrogen and oxygen atoms in total. The Morgan fingerprint density at radius 3 is 2.62 bits per heavy atom. The molecule has 0 aliphatic carbocycles. The minimum Gasteiger partial charge on any atom is -0.473 e. The Morgan fingerprint density at radius 2 is 1.90 bits per heavy atom. The van der Waals surface area contributed by atoms with Gasteiger partial charge in [-0.3, -0.25) is 9.97 Å². The number of aryl methyl sites for hydroxylation is 2. The van der Waals surface area contributed by atoms with Crippen LogP contribution in [0.4, 0.5) is 5.82 Å². The number of rotatable bonds is 3. The van der Waals surface area contributed by atoms with Crippen molar-refractivity contribution in [3.05, 3.63) is 36.2 Å². The average Bonchev–Trinajstić information content (AvgIpc) is 2.53. The molecule has 21 heavy (non-hydrogen) atoms. The molecule has 3 heterocycles. The molecule has 0 atom stereocenters. The van der Waals surface area contributed by atoms with Crippen LogP contribution in [0.25, 0.3) is 0 Å². The number of hydrogen-bond acceptors (Lipinski definition) is 6. The first-order valence-electron chi connectivity index (χ1n) is 7.20. The van der Waals surface area contributed by atoms with Crippen LogP contribution < -0.4 is 9.64 Å². The Bertz CT molecular complexity index is 596. The van der Waals surface area contributed by atoms with E-state index in [0.29, 0.717) is 5.88 Å². The molecule has 0 aromatic carbocycles. The third-order valence-corrected chi connectivity index (χ3v) is 3.63. The van der Waals surface area contributed by atoms with Crippen molar-refractivity contribution in [3.8, 4) is 5.88 Å². The first kappa shape index (κ1) is 13.7. The second-order valence-electron chi connectivity index (χ2n) is 5.27. The fourth-order valence-electron chi connectivity index (χ4n) is 2.44. The number of ether oxygens (including phenoxy) is 1. The molecular formula is C15H19N5O. The third kappa shape index (κ3) is 3.26. The first-order chi connectivity index (χ1) is 10.2. The predicted octanol–water partition coefficient (Wildman–Crippen LogP) is 1.93. The summed E-state index contributed by atoms with van der Waals surface area (Å²) in [5.41, 5.74) is 1.73. The monoisotopic (exact) mass is 285 g/mol. The van der Waals surface area contributed by atoms with Crippen LogP contribution in [0, 0.1) is 13.8 Å². The average molecular weight is 285 g/mol. The molecule has 0 spiro atoms. The van der Waals surface area contributed by atoms with E-state index in [9.17, 15) is 0 Å². The maximum absolute atomic E-state index is 6.01. The lowest BCUT2D eigenvalue weighted by molar-refractivity contribution is 0.161. The SMILES string of the molecule is Cc1cnc(C)c(OC2CCN(c3cnccn3)CC2)n1. The Balaban J connectivity index is 1.60. The normalized spacial score (nSPS) is 16.0. The summed E-state index contributed by atoms with van der Waals surface area (Å²) < 4.78 is 6.01. The van der Waals surface area contributed by atoms with Crippen molar-refractivity contribution in [3.63, 3.8) is 0 Å². The van der Waals surface area contributed by atoms with Gasteiger partial charge in [-0.2, -0.15) is 0 Å². The number of hydrogen-bond donors (Lipinski definition) is 0. The van der Waals surface area contributed by atoms with Gasteiger partial charge in [0.1, 0.15) is 11.9 Å². The Hall–Kier alpha value is -2.24. The highest BCUT2D eigenvalue weighted by Crippen LogP contribution is 2.21. The van der Waals surface area contributed by atoms with Crippen molar-refractivity contribution in [1.29, 1.82) is 0 Å². The molecule has 110 valence electrons. The molecule has 1 saturated heterocycles. The quantitative estimate of drug-likeness (QED) is 0.858. The molecule has 1 fully saturated rings. The van der Waals surface area contributed by atoms with Crippen LogP contribution in [0.15, 0.2) is 24.8 Å². The maximum Gasteiger partial charge on any atom is 0.235 e. The van der Waals surface area contributed by atoms with Gasteiger partial charge in [0, 0.05) is 44.5 Å². The summed E-state index contributed by atoms with van der Waals surface area (Å²) in [4.78, 5) is 19.4. The Morgan fingerprint density at radius 1 is 1.10 bits per heavy atom. The standard InChI is InChI=1S/C15H19N5O/c1-11-9-18-12(2)15(19-11)21-13-3-7-20(8-4-13)14-10-16-5-6-17-14/h5-6,9-10,13H,3-4,7-8H2,1-2H3. The van der Waals surface area contributed by atoms with E-state index in [4.69, 9.17) is 4.74 Å². The lowest BCUT2D eigenvalue weighted by Crippen LogP contribution is -2.39. The number of piperidine rings is 1. The summed E-state index contributed by atoms with van der Waals surface area (Å²) in [6, 6.07) is 0. The topological polar surface area (TPSA) is 64.0 Å². The highest BCUT2D eigenvalue weighted by atomic mass is 16.5. The summed E-state index contributed by atoms with van der Waals surface area (Å²) in [6.07, 6.45) is 9.07. The van der Waals surface area contributed by atoms with Gasteiger partial charge < -0.3 is 9.64 Å². The van der Waals surface area contributed by atoms with E-state index >= 15 is 0 Å². The lowest BCUT2D eigenvalue weighted by Gasteiger charge is -2.32. The van der Waals surface area contributed by atoms with Crippen molar-refractivity contribution in [1.82, 2.24) is 19.9 Å². The second-order valence-corrected chi connectivity index (χ2v) is 5.27. The molecule has 0 amide bonds. The van der Waals surface area contributed by atoms with Crippen LogP contribution in [-0.4, -0.2) is 39.1 Å². The largest absolute Gasteiger partial charge is 0.473 e. The van der Waals surface area contributed by atoms with Gasteiger partial charge >= 0.3 is 0 Å². The summed E-state index contributed by atoms with van der Waals surface area (Å²) >= 11 is 0. The van der Waals surface area contributed by atoms with Crippen LogP contribution in [0.3, 0.4) is 0 Å². The van der Waals surface area contributed by atoms with Crippen molar-refractivity contribution < 1.29 is 4.74 Å². The molecule has 1 aliphatic heterocycles. The number of anilines is 1. The zero-order valence-electron chi connectivity index (χ0n) is 12.4. The van der Waals surface area contributed by atoms with Gasteiger partial charge in [0.25, 0.3) is 0 Å². The first-order valence-corrected chi connectivity index (χ1v) is 7.20. The van der Waals surface area contributed by atoms with Gasteiger partial charge in [0.2, 0.25) is 5.88 Å².